The monoisotopic (exact) mass is 233 g/mol. The van der Waals surface area contributed by atoms with Gasteiger partial charge < -0.3 is 14.8 Å². The molecule has 0 aliphatic carbocycles. The summed E-state index contributed by atoms with van der Waals surface area (Å²) < 4.78 is 11.5. The molecule has 0 aromatic rings. The number of thioether (sulfide) groups is 1. The molecule has 1 unspecified atom stereocenters. The summed E-state index contributed by atoms with van der Waals surface area (Å²) in [7, 11) is 0. The second-order valence-electron chi connectivity index (χ2n) is 4.40. The summed E-state index contributed by atoms with van der Waals surface area (Å²) in [5, 5.41) is 3.37. The number of morpholine rings is 1. The summed E-state index contributed by atoms with van der Waals surface area (Å²) in [6.07, 6.45) is 0.209. The van der Waals surface area contributed by atoms with Gasteiger partial charge in [0.1, 0.15) is 0 Å². The molecular formula is C11H23NO2S. The molecule has 1 aliphatic rings. The first-order valence-corrected chi connectivity index (χ1v) is 6.83. The molecular weight excluding hydrogens is 210 g/mol. The average Bonchev–Trinajstić information content (AvgIpc) is 2.16. The van der Waals surface area contributed by atoms with E-state index in [2.05, 4.69) is 26.1 Å². The topological polar surface area (TPSA) is 30.5 Å². The lowest BCUT2D eigenvalue weighted by molar-refractivity contribution is -0.119. The van der Waals surface area contributed by atoms with Gasteiger partial charge in [0.25, 0.3) is 0 Å². The standard InChI is InChI=1S/C11H23NO2S/c1-4-15-6-5-13-8-10-7-12-9-11(2,3)14-10/h10,12H,4-9H2,1-3H3. The maximum absolute atomic E-state index is 5.89. The van der Waals surface area contributed by atoms with E-state index < -0.39 is 0 Å². The van der Waals surface area contributed by atoms with Crippen LogP contribution >= 0.6 is 11.8 Å². The van der Waals surface area contributed by atoms with Gasteiger partial charge in [0.2, 0.25) is 0 Å². The normalized spacial score (nSPS) is 25.4. The quantitative estimate of drug-likeness (QED) is 0.705. The zero-order chi connectivity index (χ0) is 11.1. The van der Waals surface area contributed by atoms with Crippen molar-refractivity contribution in [3.63, 3.8) is 0 Å². The summed E-state index contributed by atoms with van der Waals surface area (Å²) in [5.74, 6) is 2.25. The Balaban J connectivity index is 2.05. The first kappa shape index (κ1) is 13.3. The Morgan fingerprint density at radius 2 is 2.33 bits per heavy atom. The minimum absolute atomic E-state index is 0.0511. The van der Waals surface area contributed by atoms with Crippen molar-refractivity contribution in [1.29, 1.82) is 0 Å². The van der Waals surface area contributed by atoms with Gasteiger partial charge in [-0.15, -0.1) is 0 Å². The molecule has 0 aromatic heterocycles. The van der Waals surface area contributed by atoms with Crippen molar-refractivity contribution in [2.45, 2.75) is 32.5 Å². The second-order valence-corrected chi connectivity index (χ2v) is 5.80. The van der Waals surface area contributed by atoms with Crippen LogP contribution in [-0.2, 0) is 9.47 Å². The highest BCUT2D eigenvalue weighted by Gasteiger charge is 2.28. The Morgan fingerprint density at radius 3 is 3.00 bits per heavy atom. The van der Waals surface area contributed by atoms with Gasteiger partial charge in [0, 0.05) is 18.8 Å². The zero-order valence-electron chi connectivity index (χ0n) is 10.0. The van der Waals surface area contributed by atoms with Crippen LogP contribution in [0.15, 0.2) is 0 Å². The Morgan fingerprint density at radius 1 is 1.53 bits per heavy atom. The Hall–Kier alpha value is 0.230. The van der Waals surface area contributed by atoms with Crippen molar-refractivity contribution >= 4 is 11.8 Å². The maximum Gasteiger partial charge on any atom is 0.0940 e. The molecule has 1 aliphatic heterocycles. The van der Waals surface area contributed by atoms with Gasteiger partial charge >= 0.3 is 0 Å². The fourth-order valence-electron chi connectivity index (χ4n) is 1.64. The molecule has 90 valence electrons. The van der Waals surface area contributed by atoms with Gasteiger partial charge in [-0.2, -0.15) is 11.8 Å². The smallest absolute Gasteiger partial charge is 0.0940 e. The molecule has 4 heteroatoms. The molecule has 0 amide bonds. The molecule has 0 spiro atoms. The Kier molecular flexibility index (Phi) is 5.97. The summed E-state index contributed by atoms with van der Waals surface area (Å²) in [6.45, 7) is 9.76. The van der Waals surface area contributed by atoms with Crippen LogP contribution in [0.3, 0.4) is 0 Å². The molecule has 15 heavy (non-hydrogen) atoms. The van der Waals surface area contributed by atoms with E-state index in [0.717, 1.165) is 31.2 Å². The molecule has 0 bridgehead atoms. The van der Waals surface area contributed by atoms with Gasteiger partial charge in [-0.1, -0.05) is 6.92 Å². The molecule has 1 N–H and O–H groups in total. The van der Waals surface area contributed by atoms with Crippen LogP contribution < -0.4 is 5.32 Å². The van der Waals surface area contributed by atoms with E-state index in [9.17, 15) is 0 Å². The first-order chi connectivity index (χ1) is 7.14. The van der Waals surface area contributed by atoms with Crippen LogP contribution in [0, 0.1) is 0 Å². The molecule has 1 heterocycles. The lowest BCUT2D eigenvalue weighted by atomic mass is 10.1. The van der Waals surface area contributed by atoms with E-state index in [4.69, 9.17) is 9.47 Å². The Bertz CT molecular complexity index is 176. The third-order valence-corrected chi connectivity index (χ3v) is 3.15. The maximum atomic E-state index is 5.89. The van der Waals surface area contributed by atoms with E-state index in [1.54, 1.807) is 0 Å². The van der Waals surface area contributed by atoms with Crippen molar-refractivity contribution in [3.8, 4) is 0 Å². The largest absolute Gasteiger partial charge is 0.378 e. The van der Waals surface area contributed by atoms with Crippen LogP contribution in [-0.4, -0.2) is 49.5 Å². The summed E-state index contributed by atoms with van der Waals surface area (Å²) >= 11 is 1.91. The highest BCUT2D eigenvalue weighted by molar-refractivity contribution is 7.99. The van der Waals surface area contributed by atoms with Crippen LogP contribution in [0.25, 0.3) is 0 Å². The fourth-order valence-corrected chi connectivity index (χ4v) is 2.16. The molecule has 1 rings (SSSR count). The number of hydrogen-bond acceptors (Lipinski definition) is 4. The molecule has 1 fully saturated rings. The van der Waals surface area contributed by atoms with Crippen LogP contribution in [0.2, 0.25) is 0 Å². The van der Waals surface area contributed by atoms with Crippen LogP contribution in [0.4, 0.5) is 0 Å². The van der Waals surface area contributed by atoms with Gasteiger partial charge in [-0.05, 0) is 19.6 Å². The second kappa shape index (κ2) is 6.74. The van der Waals surface area contributed by atoms with E-state index in [1.165, 1.54) is 0 Å². The van der Waals surface area contributed by atoms with Crippen molar-refractivity contribution in [1.82, 2.24) is 5.32 Å². The fraction of sp³-hybridized carbons (Fsp3) is 1.00. The van der Waals surface area contributed by atoms with Crippen molar-refractivity contribution in [3.05, 3.63) is 0 Å². The third-order valence-electron chi connectivity index (χ3n) is 2.29. The highest BCUT2D eigenvalue weighted by atomic mass is 32.2. The molecule has 0 radical (unpaired) electrons. The number of hydrogen-bond donors (Lipinski definition) is 1. The average molecular weight is 233 g/mol. The van der Waals surface area contributed by atoms with Gasteiger partial charge in [0.05, 0.1) is 24.9 Å². The lowest BCUT2D eigenvalue weighted by Crippen LogP contribution is -2.51. The van der Waals surface area contributed by atoms with Crippen LogP contribution in [0.5, 0.6) is 0 Å². The van der Waals surface area contributed by atoms with E-state index in [1.807, 2.05) is 11.8 Å². The molecule has 3 nitrogen and oxygen atoms in total. The summed E-state index contributed by atoms with van der Waals surface area (Å²) in [4.78, 5) is 0. The number of rotatable bonds is 6. The van der Waals surface area contributed by atoms with E-state index in [0.29, 0.717) is 6.61 Å². The molecule has 1 atom stereocenters. The number of nitrogens with one attached hydrogen (secondary N) is 1. The predicted octanol–water partition coefficient (Wildman–Crippen LogP) is 1.52. The first-order valence-electron chi connectivity index (χ1n) is 5.68. The minimum atomic E-state index is -0.0511. The van der Waals surface area contributed by atoms with Crippen molar-refractivity contribution < 1.29 is 9.47 Å². The van der Waals surface area contributed by atoms with Gasteiger partial charge in [-0.3, -0.25) is 0 Å². The highest BCUT2D eigenvalue weighted by Crippen LogP contribution is 2.15. The van der Waals surface area contributed by atoms with Crippen molar-refractivity contribution in [2.75, 3.05) is 37.8 Å². The predicted molar refractivity (Wildman–Crippen MR) is 65.6 cm³/mol. The molecule has 0 aromatic carbocycles. The molecule has 0 saturated carbocycles. The minimum Gasteiger partial charge on any atom is -0.378 e. The SMILES string of the molecule is CCSCCOCC1CNCC(C)(C)O1. The van der Waals surface area contributed by atoms with Gasteiger partial charge in [0.15, 0.2) is 0 Å². The van der Waals surface area contributed by atoms with E-state index >= 15 is 0 Å². The summed E-state index contributed by atoms with van der Waals surface area (Å²) in [6, 6.07) is 0. The molecule has 1 saturated heterocycles. The zero-order valence-corrected chi connectivity index (χ0v) is 10.9. The lowest BCUT2D eigenvalue weighted by Gasteiger charge is -2.36. The van der Waals surface area contributed by atoms with Crippen LogP contribution in [0.1, 0.15) is 20.8 Å². The van der Waals surface area contributed by atoms with Gasteiger partial charge in [-0.25, -0.2) is 0 Å². The van der Waals surface area contributed by atoms with Crippen molar-refractivity contribution in [2.24, 2.45) is 0 Å². The summed E-state index contributed by atoms with van der Waals surface area (Å²) in [5.41, 5.74) is -0.0511. The van der Waals surface area contributed by atoms with E-state index in [-0.39, 0.29) is 11.7 Å². The number of ether oxygens (including phenoxy) is 2. The Labute approximate surface area is 97.3 Å². The third kappa shape index (κ3) is 5.76.